The molecule has 14 rings (SSSR count). The number of aromatic nitrogens is 4. The number of aryl methyl sites for hydroxylation is 4. The molecule has 14 aromatic rings. The van der Waals surface area contributed by atoms with Gasteiger partial charge in [0.1, 0.15) is 11.6 Å². The Balaban J connectivity index is 1.17. The number of rotatable bonds is 5. The fourth-order valence-electron chi connectivity index (χ4n) is 11.7. The third-order valence-electron chi connectivity index (χ3n) is 15.3. The standard InChI is InChI=1S/C66H46N4/c1-39-67-61-33-31-43(35-63(61)69(39)3)47-21-11-27-53-57(47)37-58-48(44-32-34-62-64(36-44)70(4)40(2)68-62)22-12-28-54(58)65(53)66-55-29-13-25-51(49-23-9-17-41-15-5-7-19-45(41)49)59(55)38-60-52(26-14-30-56(60)66)50-24-10-18-42-16-6-8-20-46(42)50/h5-38H,1-4H3. The van der Waals surface area contributed by atoms with Crippen LogP contribution in [0.15, 0.2) is 206 Å². The Morgan fingerprint density at radius 2 is 0.600 bits per heavy atom. The lowest BCUT2D eigenvalue weighted by Gasteiger charge is -2.22. The van der Waals surface area contributed by atoms with Crippen molar-refractivity contribution in [3.05, 3.63) is 218 Å². The van der Waals surface area contributed by atoms with Gasteiger partial charge in [0.2, 0.25) is 0 Å². The summed E-state index contributed by atoms with van der Waals surface area (Å²) < 4.78 is 4.39. The highest BCUT2D eigenvalue weighted by Gasteiger charge is 2.23. The summed E-state index contributed by atoms with van der Waals surface area (Å²) in [6.45, 7) is 4.15. The van der Waals surface area contributed by atoms with E-state index in [9.17, 15) is 0 Å². The summed E-state index contributed by atoms with van der Waals surface area (Å²) in [6, 6.07) is 77.2. The van der Waals surface area contributed by atoms with Gasteiger partial charge in [0.05, 0.1) is 22.1 Å². The Kier molecular flexibility index (Phi) is 8.81. The molecule has 0 aliphatic rings. The molecule has 70 heavy (non-hydrogen) atoms. The van der Waals surface area contributed by atoms with Crippen LogP contribution in [0.25, 0.3) is 142 Å². The molecule has 0 radical (unpaired) electrons. The molecule has 0 aliphatic heterocycles. The van der Waals surface area contributed by atoms with Crippen molar-refractivity contribution in [2.45, 2.75) is 13.8 Å². The van der Waals surface area contributed by atoms with Gasteiger partial charge in [0.15, 0.2) is 0 Å². The van der Waals surface area contributed by atoms with Crippen molar-refractivity contribution in [1.29, 1.82) is 0 Å². The molecule has 0 N–H and O–H groups in total. The van der Waals surface area contributed by atoms with E-state index in [-0.39, 0.29) is 0 Å². The lowest BCUT2D eigenvalue weighted by molar-refractivity contribution is 0.886. The Morgan fingerprint density at radius 1 is 0.286 bits per heavy atom. The molecule has 2 aromatic heterocycles. The van der Waals surface area contributed by atoms with E-state index in [0.29, 0.717) is 0 Å². The number of hydrogen-bond donors (Lipinski definition) is 0. The molecule has 0 unspecified atom stereocenters. The van der Waals surface area contributed by atoms with Crippen LogP contribution in [0.2, 0.25) is 0 Å². The van der Waals surface area contributed by atoms with Crippen LogP contribution >= 0.6 is 0 Å². The van der Waals surface area contributed by atoms with Crippen molar-refractivity contribution in [3.8, 4) is 55.6 Å². The van der Waals surface area contributed by atoms with Gasteiger partial charge in [-0.15, -0.1) is 0 Å². The molecule has 330 valence electrons. The normalized spacial score (nSPS) is 12.0. The SMILES string of the molecule is Cc1nc2ccc(-c3cccc4c(-c5c6cccc(-c7cccc8ccccc78)c6cc6c(-c7cccc8ccccc78)cccc56)c5cccc(-c6ccc7nc(C)n(C)c7c6)c5cc34)cc2n1C. The maximum absolute atomic E-state index is 4.88. The van der Waals surface area contributed by atoms with E-state index in [1.54, 1.807) is 0 Å². The average Bonchev–Trinajstić information content (AvgIpc) is 3.86. The molecule has 0 aliphatic carbocycles. The molecule has 0 atom stereocenters. The van der Waals surface area contributed by atoms with Crippen LogP contribution in [-0.4, -0.2) is 19.1 Å². The summed E-state index contributed by atoms with van der Waals surface area (Å²) in [5, 5.41) is 14.7. The summed E-state index contributed by atoms with van der Waals surface area (Å²) in [6.07, 6.45) is 0. The van der Waals surface area contributed by atoms with E-state index in [0.717, 1.165) is 44.8 Å². The van der Waals surface area contributed by atoms with E-state index < -0.39 is 0 Å². The highest BCUT2D eigenvalue weighted by molar-refractivity contribution is 6.29. The summed E-state index contributed by atoms with van der Waals surface area (Å²) >= 11 is 0. The molecular weight excluding hydrogens is 849 g/mol. The fourth-order valence-corrected chi connectivity index (χ4v) is 11.7. The zero-order valence-electron chi connectivity index (χ0n) is 39.4. The van der Waals surface area contributed by atoms with Crippen molar-refractivity contribution >= 4 is 86.7 Å². The second-order valence-corrected chi connectivity index (χ2v) is 19.0. The van der Waals surface area contributed by atoms with Crippen LogP contribution in [0.5, 0.6) is 0 Å². The first-order chi connectivity index (χ1) is 34.4. The van der Waals surface area contributed by atoms with Crippen LogP contribution in [0.1, 0.15) is 11.6 Å². The maximum atomic E-state index is 4.88. The van der Waals surface area contributed by atoms with Crippen molar-refractivity contribution in [2.24, 2.45) is 14.1 Å². The highest BCUT2D eigenvalue weighted by Crippen LogP contribution is 2.50. The minimum Gasteiger partial charge on any atom is -0.331 e. The Hall–Kier alpha value is -8.86. The predicted octanol–water partition coefficient (Wildman–Crippen LogP) is 17.3. The Bertz CT molecular complexity index is 4240. The van der Waals surface area contributed by atoms with Crippen molar-refractivity contribution in [3.63, 3.8) is 0 Å². The minimum atomic E-state index is 0.997. The third kappa shape index (κ3) is 5.96. The molecule has 0 spiro atoms. The smallest absolute Gasteiger partial charge is 0.106 e. The van der Waals surface area contributed by atoms with Crippen LogP contribution in [0.4, 0.5) is 0 Å². The molecule has 0 bridgehead atoms. The maximum Gasteiger partial charge on any atom is 0.106 e. The van der Waals surface area contributed by atoms with E-state index in [1.165, 1.54) is 109 Å². The number of fused-ring (bicyclic) bond motifs is 8. The zero-order valence-corrected chi connectivity index (χ0v) is 39.4. The van der Waals surface area contributed by atoms with Gasteiger partial charge >= 0.3 is 0 Å². The first-order valence-electron chi connectivity index (χ1n) is 24.2. The van der Waals surface area contributed by atoms with Gasteiger partial charge in [-0.2, -0.15) is 0 Å². The second-order valence-electron chi connectivity index (χ2n) is 19.0. The third-order valence-corrected chi connectivity index (χ3v) is 15.3. The lowest BCUT2D eigenvalue weighted by atomic mass is 9.81. The van der Waals surface area contributed by atoms with Crippen molar-refractivity contribution in [2.75, 3.05) is 0 Å². The lowest BCUT2D eigenvalue weighted by Crippen LogP contribution is -1.95. The summed E-state index contributed by atoms with van der Waals surface area (Å²) in [4.78, 5) is 9.77. The van der Waals surface area contributed by atoms with Gasteiger partial charge in [-0.25, -0.2) is 9.97 Å². The zero-order chi connectivity index (χ0) is 46.8. The van der Waals surface area contributed by atoms with Gasteiger partial charge in [0.25, 0.3) is 0 Å². The largest absolute Gasteiger partial charge is 0.331 e. The van der Waals surface area contributed by atoms with Crippen LogP contribution in [0, 0.1) is 13.8 Å². The number of hydrogen-bond acceptors (Lipinski definition) is 2. The molecule has 0 saturated heterocycles. The van der Waals surface area contributed by atoms with Crippen molar-refractivity contribution < 1.29 is 0 Å². The molecule has 0 fully saturated rings. The minimum absolute atomic E-state index is 0.997. The quantitative estimate of drug-likeness (QED) is 0.161. The molecule has 4 heteroatoms. The average molecular weight is 895 g/mol. The first kappa shape index (κ1) is 40.2. The van der Waals surface area contributed by atoms with Crippen molar-refractivity contribution in [1.82, 2.24) is 19.1 Å². The topological polar surface area (TPSA) is 35.6 Å². The summed E-state index contributed by atoms with van der Waals surface area (Å²) in [5.41, 5.74) is 16.3. The van der Waals surface area contributed by atoms with Crippen LogP contribution in [-0.2, 0) is 14.1 Å². The van der Waals surface area contributed by atoms with Crippen LogP contribution < -0.4 is 0 Å². The Morgan fingerprint density at radius 3 is 1.01 bits per heavy atom. The number of nitrogens with zero attached hydrogens (tertiary/aromatic N) is 4. The van der Waals surface area contributed by atoms with E-state index in [1.807, 2.05) is 0 Å². The Labute approximate surface area is 405 Å². The summed E-state index contributed by atoms with van der Waals surface area (Å²) in [7, 11) is 4.22. The van der Waals surface area contributed by atoms with Gasteiger partial charge in [-0.1, -0.05) is 170 Å². The first-order valence-corrected chi connectivity index (χ1v) is 24.2. The highest BCUT2D eigenvalue weighted by atomic mass is 15.1. The summed E-state index contributed by atoms with van der Waals surface area (Å²) in [5.74, 6) is 1.99. The molecule has 12 aromatic carbocycles. The van der Waals surface area contributed by atoms with Crippen LogP contribution in [0.3, 0.4) is 0 Å². The van der Waals surface area contributed by atoms with Gasteiger partial charge in [-0.3, -0.25) is 0 Å². The van der Waals surface area contributed by atoms with Gasteiger partial charge in [-0.05, 0) is 171 Å². The molecular formula is C66H46N4. The van der Waals surface area contributed by atoms with E-state index >= 15 is 0 Å². The fraction of sp³-hybridized carbons (Fsp3) is 0.0606. The van der Waals surface area contributed by atoms with E-state index in [4.69, 9.17) is 9.97 Å². The molecule has 0 saturated carbocycles. The number of imidazole rings is 2. The predicted molar refractivity (Wildman–Crippen MR) is 297 cm³/mol. The molecule has 0 amide bonds. The molecule has 2 heterocycles. The van der Waals surface area contributed by atoms with E-state index in [2.05, 4.69) is 243 Å². The number of benzene rings is 12. The monoisotopic (exact) mass is 894 g/mol. The second kappa shape index (κ2) is 15.3. The molecule has 4 nitrogen and oxygen atoms in total. The van der Waals surface area contributed by atoms with Gasteiger partial charge in [0, 0.05) is 14.1 Å². The van der Waals surface area contributed by atoms with Gasteiger partial charge < -0.3 is 9.13 Å².